The third-order valence-electron chi connectivity index (χ3n) is 3.98. The number of nitrogens with zero attached hydrogens (tertiary/aromatic N) is 2. The van der Waals surface area contributed by atoms with Gasteiger partial charge in [0.15, 0.2) is 0 Å². The summed E-state index contributed by atoms with van der Waals surface area (Å²) < 4.78 is 1.09. The highest BCUT2D eigenvalue weighted by Crippen LogP contribution is 2.24. The van der Waals surface area contributed by atoms with E-state index < -0.39 is 0 Å². The van der Waals surface area contributed by atoms with Crippen LogP contribution in [0.1, 0.15) is 36.4 Å². The zero-order valence-electron chi connectivity index (χ0n) is 12.9. The fourth-order valence-corrected chi connectivity index (χ4v) is 3.22. The highest BCUT2D eigenvalue weighted by Gasteiger charge is 2.09. The third kappa shape index (κ3) is 3.05. The van der Waals surface area contributed by atoms with Gasteiger partial charge in [0.1, 0.15) is 0 Å². The van der Waals surface area contributed by atoms with Crippen molar-refractivity contribution in [1.29, 1.82) is 0 Å². The van der Waals surface area contributed by atoms with Crippen molar-refractivity contribution in [2.75, 3.05) is 0 Å². The van der Waals surface area contributed by atoms with E-state index in [0.717, 1.165) is 29.3 Å². The number of hydrogen-bond acceptors (Lipinski definition) is 2. The molecule has 0 aliphatic heterocycles. The second kappa shape index (κ2) is 6.57. The van der Waals surface area contributed by atoms with Gasteiger partial charge in [-0.05, 0) is 54.3 Å². The van der Waals surface area contributed by atoms with Gasteiger partial charge in [-0.15, -0.1) is 0 Å². The van der Waals surface area contributed by atoms with Crippen LogP contribution in [-0.4, -0.2) is 9.97 Å². The van der Waals surface area contributed by atoms with Crippen molar-refractivity contribution in [3.05, 3.63) is 69.6 Å². The van der Waals surface area contributed by atoms with Crippen LogP contribution in [0.2, 0.25) is 0 Å². The molecule has 0 fully saturated rings. The van der Waals surface area contributed by atoms with Crippen LogP contribution in [0.15, 0.2) is 47.1 Å². The van der Waals surface area contributed by atoms with E-state index in [1.807, 2.05) is 18.3 Å². The minimum atomic E-state index is 0.898. The van der Waals surface area contributed by atoms with Crippen molar-refractivity contribution >= 4 is 26.8 Å². The summed E-state index contributed by atoms with van der Waals surface area (Å²) in [5.74, 6) is 0. The smallest absolute Gasteiger partial charge is 0.0706 e. The van der Waals surface area contributed by atoms with Crippen molar-refractivity contribution in [1.82, 2.24) is 9.97 Å². The number of rotatable bonds is 4. The number of halogens is 1. The predicted octanol–water partition coefficient (Wildman–Crippen LogP) is 5.11. The van der Waals surface area contributed by atoms with Crippen molar-refractivity contribution in [2.45, 2.75) is 33.1 Å². The SMILES string of the molecule is CCc1ncccc1Cc1cc2cc(Br)ccc2nc1CC. The Kier molecular flexibility index (Phi) is 4.53. The first-order chi connectivity index (χ1) is 10.7. The summed E-state index contributed by atoms with van der Waals surface area (Å²) >= 11 is 3.54. The average Bonchev–Trinajstić information content (AvgIpc) is 2.54. The molecule has 0 bridgehead atoms. The zero-order chi connectivity index (χ0) is 15.5. The first kappa shape index (κ1) is 15.2. The molecule has 0 saturated carbocycles. The molecule has 0 radical (unpaired) electrons. The Hall–Kier alpha value is -1.74. The number of benzene rings is 1. The molecule has 3 heteroatoms. The Morgan fingerprint density at radius 3 is 2.55 bits per heavy atom. The zero-order valence-corrected chi connectivity index (χ0v) is 14.5. The van der Waals surface area contributed by atoms with Gasteiger partial charge in [-0.1, -0.05) is 35.8 Å². The molecule has 0 aliphatic carbocycles. The Balaban J connectivity index is 2.08. The molecule has 22 heavy (non-hydrogen) atoms. The van der Waals surface area contributed by atoms with E-state index in [-0.39, 0.29) is 0 Å². The molecular formula is C19H19BrN2. The molecule has 0 aliphatic rings. The lowest BCUT2D eigenvalue weighted by atomic mass is 9.98. The second-order valence-corrected chi connectivity index (χ2v) is 6.34. The summed E-state index contributed by atoms with van der Waals surface area (Å²) in [4.78, 5) is 9.34. The van der Waals surface area contributed by atoms with E-state index in [1.165, 1.54) is 27.9 Å². The molecule has 0 saturated heterocycles. The normalized spacial score (nSPS) is 11.0. The number of aromatic nitrogens is 2. The lowest BCUT2D eigenvalue weighted by molar-refractivity contribution is 0.950. The average molecular weight is 355 g/mol. The molecule has 112 valence electrons. The fraction of sp³-hybridized carbons (Fsp3) is 0.263. The lowest BCUT2D eigenvalue weighted by Crippen LogP contribution is -2.02. The molecule has 3 aromatic rings. The van der Waals surface area contributed by atoms with Crippen LogP contribution >= 0.6 is 15.9 Å². The van der Waals surface area contributed by atoms with E-state index in [1.54, 1.807) is 0 Å². The fourth-order valence-electron chi connectivity index (χ4n) is 2.85. The first-order valence-corrected chi connectivity index (χ1v) is 8.51. The summed E-state index contributed by atoms with van der Waals surface area (Å²) in [7, 11) is 0. The van der Waals surface area contributed by atoms with Crippen LogP contribution in [0.4, 0.5) is 0 Å². The summed E-state index contributed by atoms with van der Waals surface area (Å²) in [5, 5.41) is 1.18. The van der Waals surface area contributed by atoms with Gasteiger partial charge in [0, 0.05) is 33.9 Å². The van der Waals surface area contributed by atoms with Gasteiger partial charge in [-0.25, -0.2) is 0 Å². The van der Waals surface area contributed by atoms with Gasteiger partial charge in [-0.2, -0.15) is 0 Å². The quantitative estimate of drug-likeness (QED) is 0.650. The van der Waals surface area contributed by atoms with Crippen molar-refractivity contribution in [3.63, 3.8) is 0 Å². The minimum absolute atomic E-state index is 0.898. The third-order valence-corrected chi connectivity index (χ3v) is 4.47. The molecule has 2 heterocycles. The summed E-state index contributed by atoms with van der Waals surface area (Å²) in [5.41, 5.74) is 6.02. The molecule has 0 atom stereocenters. The summed E-state index contributed by atoms with van der Waals surface area (Å²) in [6, 6.07) is 12.7. The molecule has 0 spiro atoms. The number of fused-ring (bicyclic) bond motifs is 1. The Morgan fingerprint density at radius 2 is 1.77 bits per heavy atom. The predicted molar refractivity (Wildman–Crippen MR) is 95.2 cm³/mol. The molecular weight excluding hydrogens is 336 g/mol. The van der Waals surface area contributed by atoms with E-state index in [9.17, 15) is 0 Å². The van der Waals surface area contributed by atoms with Crippen molar-refractivity contribution in [2.24, 2.45) is 0 Å². The van der Waals surface area contributed by atoms with Crippen LogP contribution in [-0.2, 0) is 19.3 Å². The van der Waals surface area contributed by atoms with E-state index in [2.05, 4.69) is 59.0 Å². The molecule has 0 N–H and O–H groups in total. The monoisotopic (exact) mass is 354 g/mol. The van der Waals surface area contributed by atoms with Crippen LogP contribution < -0.4 is 0 Å². The standard InChI is InChI=1S/C19H19BrN2/c1-3-17-13(6-5-9-21-17)10-14-11-15-12-16(20)7-8-19(15)22-18(14)4-2/h5-9,11-12H,3-4,10H2,1-2H3. The van der Waals surface area contributed by atoms with Crippen molar-refractivity contribution in [3.8, 4) is 0 Å². The maximum Gasteiger partial charge on any atom is 0.0706 e. The molecule has 2 aromatic heterocycles. The van der Waals surface area contributed by atoms with E-state index in [0.29, 0.717) is 0 Å². The van der Waals surface area contributed by atoms with Crippen LogP contribution in [0.25, 0.3) is 10.9 Å². The van der Waals surface area contributed by atoms with Gasteiger partial charge in [0.05, 0.1) is 5.52 Å². The molecule has 2 nitrogen and oxygen atoms in total. The van der Waals surface area contributed by atoms with E-state index >= 15 is 0 Å². The molecule has 0 amide bonds. The number of pyridine rings is 2. The summed E-state index contributed by atoms with van der Waals surface area (Å²) in [6.07, 6.45) is 4.68. The number of aryl methyl sites for hydroxylation is 2. The Morgan fingerprint density at radius 1 is 0.955 bits per heavy atom. The largest absolute Gasteiger partial charge is 0.261 e. The van der Waals surface area contributed by atoms with E-state index in [4.69, 9.17) is 4.98 Å². The Bertz CT molecular complexity index is 812. The maximum absolute atomic E-state index is 4.85. The summed E-state index contributed by atoms with van der Waals surface area (Å²) in [6.45, 7) is 4.32. The van der Waals surface area contributed by atoms with Crippen LogP contribution in [0.3, 0.4) is 0 Å². The topological polar surface area (TPSA) is 25.8 Å². The highest BCUT2D eigenvalue weighted by atomic mass is 79.9. The van der Waals surface area contributed by atoms with Gasteiger partial charge in [0.25, 0.3) is 0 Å². The van der Waals surface area contributed by atoms with Crippen LogP contribution in [0, 0.1) is 0 Å². The van der Waals surface area contributed by atoms with Crippen molar-refractivity contribution < 1.29 is 0 Å². The number of hydrogen-bond donors (Lipinski definition) is 0. The minimum Gasteiger partial charge on any atom is -0.261 e. The molecule has 0 unspecified atom stereocenters. The Labute approximate surface area is 139 Å². The second-order valence-electron chi connectivity index (χ2n) is 5.42. The van der Waals surface area contributed by atoms with Gasteiger partial charge < -0.3 is 0 Å². The van der Waals surface area contributed by atoms with Gasteiger partial charge in [0.2, 0.25) is 0 Å². The van der Waals surface area contributed by atoms with Gasteiger partial charge >= 0.3 is 0 Å². The lowest BCUT2D eigenvalue weighted by Gasteiger charge is -2.12. The maximum atomic E-state index is 4.85. The molecule has 3 rings (SSSR count). The highest BCUT2D eigenvalue weighted by molar-refractivity contribution is 9.10. The van der Waals surface area contributed by atoms with Gasteiger partial charge in [-0.3, -0.25) is 9.97 Å². The molecule has 1 aromatic carbocycles. The van der Waals surface area contributed by atoms with Crippen LogP contribution in [0.5, 0.6) is 0 Å². The first-order valence-electron chi connectivity index (χ1n) is 7.72.